The van der Waals surface area contributed by atoms with Crippen LogP contribution < -0.4 is 11.4 Å². The summed E-state index contributed by atoms with van der Waals surface area (Å²) in [5.74, 6) is 1.46. The number of carbonyl (C=O) groups excluding carboxylic acids is 1. The highest BCUT2D eigenvalue weighted by Gasteiger charge is 2.67. The van der Waals surface area contributed by atoms with E-state index in [1.165, 1.54) is 6.07 Å². The van der Waals surface area contributed by atoms with E-state index in [0.717, 1.165) is 63.4 Å². The normalized spacial score (nSPS) is 41.2. The van der Waals surface area contributed by atoms with E-state index >= 15 is 0 Å². The van der Waals surface area contributed by atoms with Crippen molar-refractivity contribution in [3.63, 3.8) is 0 Å². The lowest BCUT2D eigenvalue weighted by Crippen LogP contribution is -2.63. The summed E-state index contributed by atoms with van der Waals surface area (Å²) in [7, 11) is 0. The summed E-state index contributed by atoms with van der Waals surface area (Å²) in [6.07, 6.45) is 10.4. The maximum atomic E-state index is 13.2. The number of rotatable bonds is 6. The smallest absolute Gasteiger partial charge is 0.335 e. The first-order valence-corrected chi connectivity index (χ1v) is 14.9. The van der Waals surface area contributed by atoms with Gasteiger partial charge in [-0.3, -0.25) is 4.79 Å². The van der Waals surface area contributed by atoms with Crippen LogP contribution in [-0.2, 0) is 4.79 Å². The molecule has 4 aliphatic rings. The zero-order chi connectivity index (χ0) is 27.5. The van der Waals surface area contributed by atoms with Crippen molar-refractivity contribution in [3.8, 4) is 0 Å². The quantitative estimate of drug-likeness (QED) is 0.513. The van der Waals surface area contributed by atoms with Crippen molar-refractivity contribution >= 4 is 5.91 Å². The molecule has 0 aromatic carbocycles. The predicted octanol–water partition coefficient (Wildman–Crippen LogP) is 4.05. The molecule has 1 aromatic heterocycles. The summed E-state index contributed by atoms with van der Waals surface area (Å²) in [6.45, 7) is 8.97. The van der Waals surface area contributed by atoms with E-state index in [9.17, 15) is 19.8 Å². The van der Waals surface area contributed by atoms with Crippen LogP contribution in [0.2, 0.25) is 0 Å². The molecular weight excluding hydrogens is 480 g/mol. The lowest BCUT2D eigenvalue weighted by atomic mass is 9.43. The molecule has 1 aromatic rings. The van der Waals surface area contributed by atoms with Gasteiger partial charge in [-0.25, -0.2) is 4.79 Å². The number of hydrogen-bond acceptors (Lipinski definition) is 6. The topological polar surface area (TPSA) is 117 Å². The number of aliphatic hydroxyl groups excluding tert-OH is 1. The summed E-state index contributed by atoms with van der Waals surface area (Å²) >= 11 is 0. The van der Waals surface area contributed by atoms with Crippen molar-refractivity contribution in [2.75, 3.05) is 13.2 Å². The first-order chi connectivity index (χ1) is 18.0. The third-order valence-corrected chi connectivity index (χ3v) is 12.0. The van der Waals surface area contributed by atoms with Gasteiger partial charge >= 0.3 is 5.63 Å². The van der Waals surface area contributed by atoms with Crippen molar-refractivity contribution in [2.24, 2.45) is 40.2 Å². The van der Waals surface area contributed by atoms with Crippen LogP contribution in [0.25, 0.3) is 0 Å². The minimum absolute atomic E-state index is 0.0344. The maximum Gasteiger partial charge on any atom is 0.335 e. The molecule has 0 unspecified atom stereocenters. The number of nitrogens with zero attached hydrogens (tertiary/aromatic N) is 1. The molecule has 4 aliphatic carbocycles. The van der Waals surface area contributed by atoms with Gasteiger partial charge in [-0.15, -0.1) is 0 Å². The molecule has 0 saturated heterocycles. The van der Waals surface area contributed by atoms with E-state index in [2.05, 4.69) is 13.8 Å². The molecule has 4 saturated carbocycles. The standard InChI is InChI=1S/C31H48N2O5/c1-19(2)27(32)28(36)33(15-16-34)22-9-12-29(3)21(17-22)6-7-25-24(29)10-13-30(4)23(11-14-31(25,30)37)20-5-8-26(35)38-18-20/h5,8,18-19,21-25,27,34,37H,6-7,9-17,32H2,1-4H3/t21-,22+,23-,24+,25-,27+,29+,30-,31+/m1/s1. The highest BCUT2D eigenvalue weighted by Crippen LogP contribution is 2.70. The minimum Gasteiger partial charge on any atom is -0.431 e. The molecule has 5 rings (SSSR count). The Morgan fingerprint density at radius 3 is 2.53 bits per heavy atom. The van der Waals surface area contributed by atoms with Crippen LogP contribution in [0.4, 0.5) is 0 Å². The number of fused-ring (bicyclic) bond motifs is 5. The van der Waals surface area contributed by atoms with Gasteiger partial charge in [0, 0.05) is 24.1 Å². The fraction of sp³-hybridized carbons (Fsp3) is 0.806. The zero-order valence-corrected chi connectivity index (χ0v) is 23.7. The lowest BCUT2D eigenvalue weighted by molar-refractivity contribution is -0.204. The Labute approximate surface area is 227 Å². The summed E-state index contributed by atoms with van der Waals surface area (Å²) < 4.78 is 5.22. The Kier molecular flexibility index (Phi) is 7.36. The second-order valence-electron chi connectivity index (χ2n) is 13.8. The Balaban J connectivity index is 1.36. The van der Waals surface area contributed by atoms with E-state index in [1.807, 2.05) is 24.8 Å². The van der Waals surface area contributed by atoms with Crippen LogP contribution in [-0.4, -0.2) is 51.9 Å². The molecule has 9 atom stereocenters. The molecule has 212 valence electrons. The van der Waals surface area contributed by atoms with Gasteiger partial charge in [0.15, 0.2) is 0 Å². The van der Waals surface area contributed by atoms with Gasteiger partial charge in [0.2, 0.25) is 5.91 Å². The molecule has 7 nitrogen and oxygen atoms in total. The molecule has 0 aliphatic heterocycles. The Hall–Kier alpha value is -1.70. The third kappa shape index (κ3) is 4.19. The fourth-order valence-corrected chi connectivity index (χ4v) is 9.64. The molecular formula is C31H48N2O5. The van der Waals surface area contributed by atoms with Crippen molar-refractivity contribution in [1.29, 1.82) is 0 Å². The van der Waals surface area contributed by atoms with Crippen LogP contribution in [0.1, 0.15) is 97.0 Å². The Morgan fingerprint density at radius 1 is 1.11 bits per heavy atom. The number of amides is 1. The zero-order valence-electron chi connectivity index (χ0n) is 23.7. The Morgan fingerprint density at radius 2 is 1.87 bits per heavy atom. The van der Waals surface area contributed by atoms with Crippen molar-refractivity contribution in [1.82, 2.24) is 4.90 Å². The van der Waals surface area contributed by atoms with Gasteiger partial charge in [0.1, 0.15) is 0 Å². The van der Waals surface area contributed by atoms with Gasteiger partial charge < -0.3 is 25.3 Å². The maximum absolute atomic E-state index is 13.2. The summed E-state index contributed by atoms with van der Waals surface area (Å²) in [6, 6.07) is 2.98. The van der Waals surface area contributed by atoms with Crippen LogP contribution in [0.15, 0.2) is 27.6 Å². The number of hydrogen-bond donors (Lipinski definition) is 3. The average molecular weight is 529 g/mol. The van der Waals surface area contributed by atoms with Crippen molar-refractivity contribution in [3.05, 3.63) is 34.4 Å². The number of nitrogens with two attached hydrogens (primary N) is 1. The summed E-state index contributed by atoms with van der Waals surface area (Å²) in [5, 5.41) is 22.2. The third-order valence-electron chi connectivity index (χ3n) is 12.0. The molecule has 1 amide bonds. The second kappa shape index (κ2) is 10.0. The van der Waals surface area contributed by atoms with Crippen LogP contribution in [0, 0.1) is 34.5 Å². The molecule has 0 radical (unpaired) electrons. The van der Waals surface area contributed by atoms with E-state index in [0.29, 0.717) is 18.4 Å². The van der Waals surface area contributed by atoms with E-state index < -0.39 is 11.6 Å². The van der Waals surface area contributed by atoms with Gasteiger partial charge in [-0.05, 0) is 104 Å². The molecule has 38 heavy (non-hydrogen) atoms. The van der Waals surface area contributed by atoms with Crippen LogP contribution in [0.5, 0.6) is 0 Å². The van der Waals surface area contributed by atoms with Gasteiger partial charge in [0.25, 0.3) is 0 Å². The van der Waals surface area contributed by atoms with E-state index in [4.69, 9.17) is 10.2 Å². The van der Waals surface area contributed by atoms with E-state index in [1.54, 1.807) is 6.26 Å². The minimum atomic E-state index is -0.718. The van der Waals surface area contributed by atoms with Crippen molar-refractivity contribution < 1.29 is 19.4 Å². The van der Waals surface area contributed by atoms with Gasteiger partial charge in [-0.2, -0.15) is 0 Å². The molecule has 1 heterocycles. The van der Waals surface area contributed by atoms with Gasteiger partial charge in [-0.1, -0.05) is 27.7 Å². The second-order valence-corrected chi connectivity index (χ2v) is 13.8. The lowest BCUT2D eigenvalue weighted by Gasteiger charge is -2.64. The molecule has 4 fully saturated rings. The monoisotopic (exact) mass is 528 g/mol. The number of carbonyl (C=O) groups is 1. The Bertz CT molecular complexity index is 1070. The highest BCUT2D eigenvalue weighted by atomic mass is 16.4. The largest absolute Gasteiger partial charge is 0.431 e. The molecule has 7 heteroatoms. The van der Waals surface area contributed by atoms with Crippen LogP contribution >= 0.6 is 0 Å². The highest BCUT2D eigenvalue weighted by molar-refractivity contribution is 5.82. The predicted molar refractivity (Wildman–Crippen MR) is 146 cm³/mol. The SMILES string of the molecule is CC(C)[C@H](N)C(=O)N(CCO)[C@H]1CC[C@@]2(C)[C@H](CC[C@@H]3[C@@H]2CC[C@]2(C)[C@@H](c4ccc(=O)oc4)CC[C@]32O)C1. The molecule has 0 spiro atoms. The summed E-state index contributed by atoms with van der Waals surface area (Å²) in [5.41, 5.74) is 6.16. The van der Waals surface area contributed by atoms with E-state index in [-0.39, 0.29) is 52.8 Å². The van der Waals surface area contributed by atoms with Crippen LogP contribution in [0.3, 0.4) is 0 Å². The first-order valence-electron chi connectivity index (χ1n) is 14.9. The fourth-order valence-electron chi connectivity index (χ4n) is 9.64. The molecule has 4 N–H and O–H groups in total. The number of aliphatic hydroxyl groups is 2. The molecule has 0 bridgehead atoms. The first kappa shape index (κ1) is 27.9. The van der Waals surface area contributed by atoms with Gasteiger partial charge in [0.05, 0.1) is 24.5 Å². The average Bonchev–Trinajstić information content (AvgIpc) is 3.17. The van der Waals surface area contributed by atoms with Crippen molar-refractivity contribution in [2.45, 2.75) is 109 Å². The summed E-state index contributed by atoms with van der Waals surface area (Å²) in [4.78, 5) is 26.7.